The SMILES string of the molecule is CC(O[Si](C)(C)C(C)(C)C)C1(C)C(=O)N([Si](C)(C)C(C)(C)C)C1CC(=O)O. The Labute approximate surface area is 168 Å². The van der Waals surface area contributed by atoms with Gasteiger partial charge in [0.15, 0.2) is 16.6 Å². The minimum atomic E-state index is -2.17. The summed E-state index contributed by atoms with van der Waals surface area (Å²) in [6, 6.07) is -0.317. The molecule has 0 aromatic rings. The minimum Gasteiger partial charge on any atom is -0.481 e. The van der Waals surface area contributed by atoms with Crippen molar-refractivity contribution in [3.63, 3.8) is 0 Å². The van der Waals surface area contributed by atoms with E-state index in [-0.39, 0.29) is 34.6 Å². The molecule has 1 heterocycles. The molecule has 3 atom stereocenters. The lowest BCUT2D eigenvalue weighted by atomic mass is 9.69. The van der Waals surface area contributed by atoms with E-state index in [0.29, 0.717) is 0 Å². The van der Waals surface area contributed by atoms with Crippen LogP contribution in [0.15, 0.2) is 0 Å². The first-order chi connectivity index (χ1) is 11.7. The third-order valence-corrected chi connectivity index (χ3v) is 17.6. The van der Waals surface area contributed by atoms with Crippen molar-refractivity contribution in [2.45, 2.75) is 110 Å². The van der Waals surface area contributed by atoms with Crippen LogP contribution in [0, 0.1) is 5.41 Å². The first kappa shape index (κ1) is 24.4. The number of carbonyl (C=O) groups is 2. The molecule has 1 aliphatic heterocycles. The number of β-lactam (4-membered cyclic amide) rings is 1. The third-order valence-electron chi connectivity index (χ3n) is 7.61. The molecule has 1 rings (SSSR count). The second kappa shape index (κ2) is 6.99. The van der Waals surface area contributed by atoms with Crippen molar-refractivity contribution in [3.05, 3.63) is 0 Å². The molecular formula is C20H41NO4Si2. The van der Waals surface area contributed by atoms with Gasteiger partial charge < -0.3 is 14.1 Å². The smallest absolute Gasteiger partial charge is 0.305 e. The Hall–Kier alpha value is -0.666. The van der Waals surface area contributed by atoms with Crippen LogP contribution in [0.3, 0.4) is 0 Å². The van der Waals surface area contributed by atoms with E-state index < -0.39 is 27.9 Å². The monoisotopic (exact) mass is 415 g/mol. The fourth-order valence-corrected chi connectivity index (χ4v) is 7.50. The molecule has 0 aromatic carbocycles. The maximum atomic E-state index is 13.4. The number of carbonyl (C=O) groups excluding carboxylic acids is 1. The topological polar surface area (TPSA) is 66.8 Å². The Balaban J connectivity index is 3.29. The summed E-state index contributed by atoms with van der Waals surface area (Å²) < 4.78 is 8.49. The largest absolute Gasteiger partial charge is 0.481 e. The third kappa shape index (κ3) is 4.05. The average molecular weight is 416 g/mol. The fraction of sp³-hybridized carbons (Fsp3) is 0.900. The van der Waals surface area contributed by atoms with E-state index in [9.17, 15) is 14.7 Å². The molecule has 158 valence electrons. The van der Waals surface area contributed by atoms with Gasteiger partial charge >= 0.3 is 5.97 Å². The molecule has 1 aliphatic rings. The van der Waals surface area contributed by atoms with Crippen LogP contribution in [-0.2, 0) is 14.0 Å². The highest BCUT2D eigenvalue weighted by Crippen LogP contribution is 2.53. The summed E-state index contributed by atoms with van der Waals surface area (Å²) in [5.41, 5.74) is -0.788. The quantitative estimate of drug-likeness (QED) is 0.484. The number of hydrogen-bond acceptors (Lipinski definition) is 3. The molecule has 0 aromatic heterocycles. The minimum absolute atomic E-state index is 0.0278. The molecule has 0 aliphatic carbocycles. The molecule has 5 nitrogen and oxygen atoms in total. The Morgan fingerprint density at radius 3 is 1.93 bits per heavy atom. The summed E-state index contributed by atoms with van der Waals surface area (Å²) in [5, 5.41) is 9.54. The van der Waals surface area contributed by atoms with Gasteiger partial charge in [-0.05, 0) is 37.0 Å². The van der Waals surface area contributed by atoms with Crippen molar-refractivity contribution in [2.75, 3.05) is 0 Å². The normalized spacial score (nSPS) is 26.0. The highest BCUT2D eigenvalue weighted by Gasteiger charge is 2.66. The molecule has 3 unspecified atom stereocenters. The van der Waals surface area contributed by atoms with Gasteiger partial charge in [0, 0.05) is 0 Å². The van der Waals surface area contributed by atoms with Crippen molar-refractivity contribution in [3.8, 4) is 0 Å². The maximum Gasteiger partial charge on any atom is 0.305 e. The summed E-state index contributed by atoms with van der Waals surface area (Å²) in [4.78, 5) is 25.1. The van der Waals surface area contributed by atoms with Gasteiger partial charge in [-0.25, -0.2) is 0 Å². The van der Waals surface area contributed by atoms with Gasteiger partial charge in [0.1, 0.15) is 0 Å². The van der Waals surface area contributed by atoms with Crippen molar-refractivity contribution in [2.24, 2.45) is 5.41 Å². The Bertz CT molecular complexity index is 604. The van der Waals surface area contributed by atoms with Crippen LogP contribution in [0.25, 0.3) is 0 Å². The van der Waals surface area contributed by atoms with Gasteiger partial charge in [-0.2, -0.15) is 0 Å². The van der Waals surface area contributed by atoms with Crippen molar-refractivity contribution < 1.29 is 19.1 Å². The molecule has 1 amide bonds. The van der Waals surface area contributed by atoms with Gasteiger partial charge in [-0.1, -0.05) is 54.6 Å². The van der Waals surface area contributed by atoms with Crippen LogP contribution >= 0.6 is 0 Å². The van der Waals surface area contributed by atoms with Crippen LogP contribution in [-0.4, -0.2) is 50.2 Å². The van der Waals surface area contributed by atoms with Crippen molar-refractivity contribution in [1.82, 2.24) is 4.57 Å². The van der Waals surface area contributed by atoms with E-state index in [4.69, 9.17) is 4.43 Å². The van der Waals surface area contributed by atoms with E-state index in [1.165, 1.54) is 0 Å². The summed E-state index contributed by atoms with van der Waals surface area (Å²) in [6.07, 6.45) is -0.337. The average Bonchev–Trinajstić information content (AvgIpc) is 2.42. The maximum absolute atomic E-state index is 13.4. The second-order valence-electron chi connectivity index (χ2n) is 11.4. The van der Waals surface area contributed by atoms with Crippen LogP contribution in [0.4, 0.5) is 0 Å². The lowest BCUT2D eigenvalue weighted by molar-refractivity contribution is -0.174. The van der Waals surface area contributed by atoms with Crippen molar-refractivity contribution in [1.29, 1.82) is 0 Å². The van der Waals surface area contributed by atoms with Gasteiger partial charge in [0.25, 0.3) is 0 Å². The molecule has 1 saturated heterocycles. The van der Waals surface area contributed by atoms with E-state index in [1.807, 2.05) is 18.4 Å². The van der Waals surface area contributed by atoms with Gasteiger partial charge in [-0.15, -0.1) is 0 Å². The number of amides is 1. The van der Waals surface area contributed by atoms with E-state index in [0.717, 1.165) is 0 Å². The summed E-state index contributed by atoms with van der Waals surface area (Å²) in [6.45, 7) is 25.5. The highest BCUT2D eigenvalue weighted by atomic mass is 28.4. The molecule has 7 heteroatoms. The van der Waals surface area contributed by atoms with E-state index in [1.54, 1.807) is 0 Å². The number of aliphatic carboxylic acids is 1. The lowest BCUT2D eigenvalue weighted by Gasteiger charge is -2.64. The van der Waals surface area contributed by atoms with Crippen LogP contribution in [0.2, 0.25) is 36.3 Å². The highest BCUT2D eigenvalue weighted by molar-refractivity contribution is 6.80. The Morgan fingerprint density at radius 2 is 1.59 bits per heavy atom. The second-order valence-corrected chi connectivity index (χ2v) is 21.3. The molecule has 27 heavy (non-hydrogen) atoms. The number of carboxylic acids is 1. The summed E-state index contributed by atoms with van der Waals surface area (Å²) >= 11 is 0. The molecule has 1 fully saturated rings. The van der Waals surface area contributed by atoms with Crippen LogP contribution in [0.1, 0.15) is 61.8 Å². The zero-order valence-corrected chi connectivity index (χ0v) is 21.5. The standard InChI is InChI=1S/C20H41NO4Si2/c1-14(25-27(11,12)19(5,6)7)20(8)15(13-16(22)23)21(17(20)24)26(9,10)18(2,3)4/h14-15H,13H2,1-12H3,(H,22,23). The zero-order valence-electron chi connectivity index (χ0n) is 19.5. The van der Waals surface area contributed by atoms with E-state index >= 15 is 0 Å². The Kier molecular flexibility index (Phi) is 6.31. The zero-order chi connectivity index (χ0) is 21.8. The molecule has 1 N–H and O–H groups in total. The fourth-order valence-electron chi connectivity index (χ4n) is 3.41. The molecule has 0 radical (unpaired) electrons. The van der Waals surface area contributed by atoms with E-state index in [2.05, 4.69) is 67.7 Å². The number of carboxylic acid groups (broad SMARTS) is 1. The van der Waals surface area contributed by atoms with Gasteiger partial charge in [-0.3, -0.25) is 9.59 Å². The summed E-state index contributed by atoms with van der Waals surface area (Å²) in [5.74, 6) is -0.798. The lowest BCUT2D eigenvalue weighted by Crippen LogP contribution is -2.80. The van der Waals surface area contributed by atoms with Gasteiger partial charge in [0.2, 0.25) is 5.91 Å². The molecule has 0 bridgehead atoms. The van der Waals surface area contributed by atoms with Gasteiger partial charge in [0.05, 0.1) is 24.0 Å². The molecule has 0 spiro atoms. The molecule has 0 saturated carbocycles. The number of hydrogen-bond donors (Lipinski definition) is 1. The van der Waals surface area contributed by atoms with Crippen LogP contribution < -0.4 is 0 Å². The Morgan fingerprint density at radius 1 is 1.15 bits per heavy atom. The summed E-state index contributed by atoms with van der Waals surface area (Å²) in [7, 11) is -4.24. The first-order valence-electron chi connectivity index (χ1n) is 9.94. The molecular weight excluding hydrogens is 374 g/mol. The van der Waals surface area contributed by atoms with Crippen molar-refractivity contribution >= 4 is 28.4 Å². The number of rotatable bonds is 6. The predicted octanol–water partition coefficient (Wildman–Crippen LogP) is 5.09. The first-order valence-corrected chi connectivity index (χ1v) is 15.8. The predicted molar refractivity (Wildman–Crippen MR) is 116 cm³/mol. The number of nitrogens with zero attached hydrogens (tertiary/aromatic N) is 1. The van der Waals surface area contributed by atoms with Crippen LogP contribution in [0.5, 0.6) is 0 Å².